The van der Waals surface area contributed by atoms with Crippen molar-refractivity contribution in [1.29, 1.82) is 5.26 Å². The van der Waals surface area contributed by atoms with Crippen LogP contribution in [0.5, 0.6) is 0 Å². The molecule has 1 rings (SSSR count). The van der Waals surface area contributed by atoms with Crippen LogP contribution in [0.1, 0.15) is 23.4 Å². The summed E-state index contributed by atoms with van der Waals surface area (Å²) in [6.07, 6.45) is -8.34. The van der Waals surface area contributed by atoms with Crippen LogP contribution in [-0.2, 0) is 12.6 Å². The van der Waals surface area contributed by atoms with Crippen LogP contribution in [0.3, 0.4) is 0 Å². The lowest BCUT2D eigenvalue weighted by Gasteiger charge is -2.13. The van der Waals surface area contributed by atoms with Crippen molar-refractivity contribution < 1.29 is 22.0 Å². The van der Waals surface area contributed by atoms with Crippen LogP contribution in [0.25, 0.3) is 0 Å². The maximum Gasteiger partial charge on any atom is 0.418 e. The Morgan fingerprint density at radius 1 is 1.41 bits per heavy atom. The summed E-state index contributed by atoms with van der Waals surface area (Å²) in [5.74, 6) is 0. The van der Waals surface area contributed by atoms with Crippen LogP contribution in [0.4, 0.5) is 22.0 Å². The highest BCUT2D eigenvalue weighted by Crippen LogP contribution is 2.34. The van der Waals surface area contributed by atoms with Crippen LogP contribution >= 0.6 is 22.6 Å². The first kappa shape index (κ1) is 14.1. The number of hydrogen-bond acceptors (Lipinski definition) is 2. The number of nitrogens with zero attached hydrogens (tertiary/aromatic N) is 2. The number of hydrogen-bond donors (Lipinski definition) is 0. The zero-order valence-electron chi connectivity index (χ0n) is 8.02. The quantitative estimate of drug-likeness (QED) is 0.594. The monoisotopic (exact) mass is 362 g/mol. The molecule has 0 atom stereocenters. The summed E-state index contributed by atoms with van der Waals surface area (Å²) < 4.78 is 62.3. The zero-order chi connectivity index (χ0) is 13.2. The van der Waals surface area contributed by atoms with Crippen molar-refractivity contribution in [2.24, 2.45) is 0 Å². The van der Waals surface area contributed by atoms with Gasteiger partial charge in [0, 0.05) is 3.57 Å². The molecule has 1 heterocycles. The van der Waals surface area contributed by atoms with E-state index in [2.05, 4.69) is 4.98 Å². The van der Waals surface area contributed by atoms with Gasteiger partial charge in [-0.15, -0.1) is 0 Å². The minimum absolute atomic E-state index is 0.272. The largest absolute Gasteiger partial charge is 0.418 e. The third-order valence-electron chi connectivity index (χ3n) is 1.84. The smallest absolute Gasteiger partial charge is 0.249 e. The van der Waals surface area contributed by atoms with Crippen LogP contribution in [0.15, 0.2) is 6.07 Å². The van der Waals surface area contributed by atoms with Crippen LogP contribution in [0.2, 0.25) is 0 Å². The van der Waals surface area contributed by atoms with Crippen molar-refractivity contribution in [2.45, 2.75) is 19.0 Å². The van der Waals surface area contributed by atoms with Gasteiger partial charge in [-0.2, -0.15) is 18.4 Å². The van der Waals surface area contributed by atoms with Gasteiger partial charge < -0.3 is 0 Å². The molecule has 17 heavy (non-hydrogen) atoms. The van der Waals surface area contributed by atoms with Gasteiger partial charge in [0.25, 0.3) is 6.43 Å². The second-order valence-corrected chi connectivity index (χ2v) is 4.15. The van der Waals surface area contributed by atoms with E-state index in [1.807, 2.05) is 0 Å². The van der Waals surface area contributed by atoms with Gasteiger partial charge in [-0.1, -0.05) is 0 Å². The minimum atomic E-state index is -4.71. The first-order valence-electron chi connectivity index (χ1n) is 4.19. The lowest BCUT2D eigenvalue weighted by atomic mass is 10.1. The Labute approximate surface area is 107 Å². The fourth-order valence-electron chi connectivity index (χ4n) is 1.15. The first-order chi connectivity index (χ1) is 7.77. The molecule has 0 spiro atoms. The molecule has 0 fully saturated rings. The molecule has 0 aromatic carbocycles. The molecule has 0 saturated heterocycles. The molecule has 0 N–H and O–H groups in total. The van der Waals surface area contributed by atoms with E-state index in [0.29, 0.717) is 6.07 Å². The van der Waals surface area contributed by atoms with E-state index >= 15 is 0 Å². The zero-order valence-corrected chi connectivity index (χ0v) is 10.2. The molecule has 0 radical (unpaired) electrons. The maximum absolute atomic E-state index is 12.5. The molecular formula is C9H4F5IN2. The number of alkyl halides is 5. The maximum atomic E-state index is 12.5. The SMILES string of the molecule is N#CCc1nc(C(F)F)c(I)cc1C(F)(F)F. The molecule has 0 amide bonds. The minimum Gasteiger partial charge on any atom is -0.249 e. The van der Waals surface area contributed by atoms with Gasteiger partial charge >= 0.3 is 6.18 Å². The van der Waals surface area contributed by atoms with E-state index in [4.69, 9.17) is 5.26 Å². The third kappa shape index (κ3) is 3.24. The Kier molecular flexibility index (Phi) is 4.24. The standard InChI is InChI=1S/C9H4F5IN2/c10-8(11)7-5(15)3-4(9(12,13)14)6(17-7)1-2-16/h3,8H,1H2. The highest BCUT2D eigenvalue weighted by atomic mass is 127. The van der Waals surface area contributed by atoms with Gasteiger partial charge in [-0.05, 0) is 28.7 Å². The summed E-state index contributed by atoms with van der Waals surface area (Å²) in [6.45, 7) is 0. The summed E-state index contributed by atoms with van der Waals surface area (Å²) in [7, 11) is 0. The average Bonchev–Trinajstić information content (AvgIpc) is 2.18. The molecule has 8 heteroatoms. The predicted molar refractivity (Wildman–Crippen MR) is 56.2 cm³/mol. The van der Waals surface area contributed by atoms with Gasteiger partial charge in [-0.3, -0.25) is 0 Å². The second kappa shape index (κ2) is 5.12. The van der Waals surface area contributed by atoms with E-state index in [1.54, 1.807) is 0 Å². The van der Waals surface area contributed by atoms with Crippen molar-refractivity contribution in [3.63, 3.8) is 0 Å². The van der Waals surface area contributed by atoms with Gasteiger partial charge in [-0.25, -0.2) is 13.8 Å². The van der Waals surface area contributed by atoms with Crippen LogP contribution in [0, 0.1) is 14.9 Å². The van der Waals surface area contributed by atoms with Gasteiger partial charge in [0.15, 0.2) is 0 Å². The summed E-state index contributed by atoms with van der Waals surface area (Å²) in [5, 5.41) is 8.36. The lowest BCUT2D eigenvalue weighted by molar-refractivity contribution is -0.138. The number of rotatable bonds is 2. The predicted octanol–water partition coefficient (Wildman–Crippen LogP) is 3.71. The van der Waals surface area contributed by atoms with E-state index in [1.165, 1.54) is 28.7 Å². The average molecular weight is 362 g/mol. The molecule has 2 nitrogen and oxygen atoms in total. The number of nitriles is 1. The molecule has 1 aromatic heterocycles. The Balaban J connectivity index is 3.42. The van der Waals surface area contributed by atoms with Crippen molar-refractivity contribution in [1.82, 2.24) is 4.98 Å². The molecule has 1 aromatic rings. The molecule has 0 aliphatic rings. The third-order valence-corrected chi connectivity index (χ3v) is 2.70. The molecular weight excluding hydrogens is 358 g/mol. The fraction of sp³-hybridized carbons (Fsp3) is 0.333. The Hall–Kier alpha value is -0.980. The summed E-state index contributed by atoms with van der Waals surface area (Å²) in [6, 6.07) is 2.06. The van der Waals surface area contributed by atoms with Crippen molar-refractivity contribution in [3.8, 4) is 6.07 Å². The molecule has 92 valence electrons. The normalized spacial score (nSPS) is 11.6. The molecule has 0 saturated carbocycles. The first-order valence-corrected chi connectivity index (χ1v) is 5.27. The van der Waals surface area contributed by atoms with Crippen LogP contribution in [-0.4, -0.2) is 4.98 Å². The Morgan fingerprint density at radius 2 is 2.00 bits per heavy atom. The fourth-order valence-corrected chi connectivity index (χ4v) is 1.82. The number of aromatic nitrogens is 1. The van der Waals surface area contributed by atoms with E-state index in [0.717, 1.165) is 0 Å². The van der Waals surface area contributed by atoms with Crippen molar-refractivity contribution in [2.75, 3.05) is 0 Å². The van der Waals surface area contributed by atoms with Crippen LogP contribution < -0.4 is 0 Å². The summed E-state index contributed by atoms with van der Waals surface area (Å²) >= 11 is 1.36. The van der Waals surface area contributed by atoms with Gasteiger partial charge in [0.1, 0.15) is 5.69 Å². The summed E-state index contributed by atoms with van der Waals surface area (Å²) in [4.78, 5) is 3.23. The Morgan fingerprint density at radius 3 is 2.41 bits per heavy atom. The van der Waals surface area contributed by atoms with E-state index in [9.17, 15) is 22.0 Å². The van der Waals surface area contributed by atoms with E-state index in [-0.39, 0.29) is 3.57 Å². The Bertz CT molecular complexity index is 464. The molecule has 0 aliphatic heterocycles. The van der Waals surface area contributed by atoms with Crippen molar-refractivity contribution in [3.05, 3.63) is 26.6 Å². The highest BCUT2D eigenvalue weighted by Gasteiger charge is 2.35. The second-order valence-electron chi connectivity index (χ2n) is 2.98. The molecule has 0 bridgehead atoms. The lowest BCUT2D eigenvalue weighted by Crippen LogP contribution is -2.13. The highest BCUT2D eigenvalue weighted by molar-refractivity contribution is 14.1. The van der Waals surface area contributed by atoms with Gasteiger partial charge in [0.2, 0.25) is 0 Å². The summed E-state index contributed by atoms with van der Waals surface area (Å²) in [5.41, 5.74) is -2.55. The van der Waals surface area contributed by atoms with Crippen molar-refractivity contribution >= 4 is 22.6 Å². The number of pyridine rings is 1. The molecule has 0 unspecified atom stereocenters. The number of halogens is 6. The topological polar surface area (TPSA) is 36.7 Å². The van der Waals surface area contributed by atoms with Gasteiger partial charge in [0.05, 0.1) is 23.7 Å². The van der Waals surface area contributed by atoms with E-state index < -0.39 is 36.0 Å². The molecule has 0 aliphatic carbocycles.